The molecule has 25 heavy (non-hydrogen) atoms. The van der Waals surface area contributed by atoms with Crippen LogP contribution >= 0.6 is 15.9 Å². The molecule has 2 aromatic rings. The van der Waals surface area contributed by atoms with Gasteiger partial charge in [0.2, 0.25) is 0 Å². The molecule has 0 bridgehead atoms. The Kier molecular flexibility index (Phi) is 4.28. The predicted octanol–water partition coefficient (Wildman–Crippen LogP) is 2.58. The van der Waals surface area contributed by atoms with Gasteiger partial charge in [-0.05, 0) is 36.4 Å². The van der Waals surface area contributed by atoms with Crippen LogP contribution in [-0.2, 0) is 4.79 Å². The fourth-order valence-corrected chi connectivity index (χ4v) is 2.75. The number of benzene rings is 2. The van der Waals surface area contributed by atoms with Crippen molar-refractivity contribution < 1.29 is 24.6 Å². The topological polar surface area (TPSA) is 116 Å². The lowest BCUT2D eigenvalue weighted by molar-refractivity contribution is -0.114. The lowest BCUT2D eigenvalue weighted by Crippen LogP contribution is -2.36. The molecule has 0 saturated heterocycles. The van der Waals surface area contributed by atoms with Crippen LogP contribution < -0.4 is 10.6 Å². The van der Waals surface area contributed by atoms with Crippen molar-refractivity contribution in [3.63, 3.8) is 0 Å². The van der Waals surface area contributed by atoms with Gasteiger partial charge in [0, 0.05) is 27.5 Å². The van der Waals surface area contributed by atoms with E-state index < -0.39 is 17.8 Å². The number of halogens is 1. The van der Waals surface area contributed by atoms with Gasteiger partial charge in [-0.25, -0.2) is 4.79 Å². The van der Waals surface area contributed by atoms with Crippen LogP contribution in [0.4, 0.5) is 5.69 Å². The van der Waals surface area contributed by atoms with E-state index in [0.29, 0.717) is 21.3 Å². The van der Waals surface area contributed by atoms with Crippen molar-refractivity contribution in [1.29, 1.82) is 0 Å². The van der Waals surface area contributed by atoms with Gasteiger partial charge in [-0.2, -0.15) is 0 Å². The maximum atomic E-state index is 12.1. The van der Waals surface area contributed by atoms with Crippen molar-refractivity contribution in [3.05, 3.63) is 63.8 Å². The van der Waals surface area contributed by atoms with E-state index in [-0.39, 0.29) is 16.9 Å². The summed E-state index contributed by atoms with van der Waals surface area (Å²) >= 11 is 3.30. The fourth-order valence-electron chi connectivity index (χ4n) is 2.39. The zero-order chi connectivity index (χ0) is 18.1. The molecule has 3 rings (SSSR count). The molecule has 2 aromatic carbocycles. The van der Waals surface area contributed by atoms with Crippen LogP contribution in [0.5, 0.6) is 5.75 Å². The normalized spacial score (nSPS) is 14.8. The lowest BCUT2D eigenvalue weighted by atomic mass is 9.95. The number of anilines is 1. The van der Waals surface area contributed by atoms with Crippen molar-refractivity contribution >= 4 is 45.0 Å². The van der Waals surface area contributed by atoms with Crippen LogP contribution in [0, 0.1) is 0 Å². The maximum Gasteiger partial charge on any atom is 0.339 e. The zero-order valence-corrected chi connectivity index (χ0v) is 14.1. The molecule has 0 radical (unpaired) electrons. The summed E-state index contributed by atoms with van der Waals surface area (Å²) in [4.78, 5) is 35.1. The summed E-state index contributed by atoms with van der Waals surface area (Å²) in [6.45, 7) is 0. The molecule has 1 aliphatic heterocycles. The van der Waals surface area contributed by atoms with Crippen molar-refractivity contribution in [2.45, 2.75) is 0 Å². The van der Waals surface area contributed by atoms with Crippen LogP contribution in [0.25, 0.3) is 5.57 Å². The summed E-state index contributed by atoms with van der Waals surface area (Å²) in [6.07, 6.45) is 1.38. The van der Waals surface area contributed by atoms with Gasteiger partial charge in [0.15, 0.2) is 0 Å². The highest BCUT2D eigenvalue weighted by Gasteiger charge is 2.27. The summed E-state index contributed by atoms with van der Waals surface area (Å²) in [7, 11) is 0. The Morgan fingerprint density at radius 2 is 1.84 bits per heavy atom. The highest BCUT2D eigenvalue weighted by Crippen LogP contribution is 2.28. The van der Waals surface area contributed by atoms with Crippen LogP contribution in [0.3, 0.4) is 0 Å². The van der Waals surface area contributed by atoms with Crippen molar-refractivity contribution in [2.24, 2.45) is 0 Å². The minimum atomic E-state index is -1.27. The maximum absolute atomic E-state index is 12.1. The van der Waals surface area contributed by atoms with E-state index in [1.54, 1.807) is 18.2 Å². The van der Waals surface area contributed by atoms with Crippen LogP contribution in [-0.4, -0.2) is 28.0 Å². The van der Waals surface area contributed by atoms with E-state index >= 15 is 0 Å². The molecule has 0 saturated carbocycles. The number of nitrogens with one attached hydrogen (secondary N) is 2. The molecule has 0 aromatic heterocycles. The minimum Gasteiger partial charge on any atom is -0.507 e. The number of imide groups is 1. The van der Waals surface area contributed by atoms with Gasteiger partial charge in [-0.15, -0.1) is 0 Å². The molecular weight excluding hydrogens is 392 g/mol. The highest BCUT2D eigenvalue weighted by atomic mass is 79.9. The Morgan fingerprint density at radius 3 is 2.56 bits per heavy atom. The molecule has 7 nitrogen and oxygen atoms in total. The second kappa shape index (κ2) is 6.40. The van der Waals surface area contributed by atoms with E-state index in [4.69, 9.17) is 5.11 Å². The molecule has 0 unspecified atom stereocenters. The van der Waals surface area contributed by atoms with Gasteiger partial charge in [0.25, 0.3) is 11.8 Å². The number of phenols is 1. The SMILES string of the molecule is O=C1NC(=O)c2ccc(Br)cc2C1=CNc1ccc(O)c(C(=O)O)c1. The first-order chi connectivity index (χ1) is 11.9. The molecule has 8 heteroatoms. The number of hydrogen-bond acceptors (Lipinski definition) is 5. The van der Waals surface area contributed by atoms with Gasteiger partial charge >= 0.3 is 5.97 Å². The average Bonchev–Trinajstić information content (AvgIpc) is 2.55. The van der Waals surface area contributed by atoms with Crippen LogP contribution in [0.15, 0.2) is 47.1 Å². The first-order valence-electron chi connectivity index (χ1n) is 7.05. The van der Waals surface area contributed by atoms with Crippen molar-refractivity contribution in [3.8, 4) is 5.75 Å². The number of amides is 2. The molecule has 1 heterocycles. The fraction of sp³-hybridized carbons (Fsp3) is 0. The minimum absolute atomic E-state index is 0.223. The number of rotatable bonds is 3. The number of fused-ring (bicyclic) bond motifs is 1. The molecular formula is C17H11BrN2O5. The predicted molar refractivity (Wildman–Crippen MR) is 93.3 cm³/mol. The Labute approximate surface area is 150 Å². The Balaban J connectivity index is 1.99. The molecule has 4 N–H and O–H groups in total. The summed E-state index contributed by atoms with van der Waals surface area (Å²) in [6, 6.07) is 8.88. The summed E-state index contributed by atoms with van der Waals surface area (Å²) in [5.74, 6) is -2.69. The number of carboxylic acids is 1. The molecule has 0 spiro atoms. The van der Waals surface area contributed by atoms with E-state index in [9.17, 15) is 19.5 Å². The Morgan fingerprint density at radius 1 is 1.08 bits per heavy atom. The smallest absolute Gasteiger partial charge is 0.339 e. The monoisotopic (exact) mass is 402 g/mol. The van der Waals surface area contributed by atoms with Crippen LogP contribution in [0.1, 0.15) is 26.3 Å². The van der Waals surface area contributed by atoms with Gasteiger partial charge in [0.1, 0.15) is 11.3 Å². The van der Waals surface area contributed by atoms with Gasteiger partial charge in [0.05, 0.1) is 5.57 Å². The van der Waals surface area contributed by atoms with E-state index in [1.165, 1.54) is 24.4 Å². The molecule has 2 amide bonds. The van der Waals surface area contributed by atoms with Gasteiger partial charge in [-0.3, -0.25) is 14.9 Å². The third-order valence-electron chi connectivity index (χ3n) is 3.60. The first kappa shape index (κ1) is 16.7. The van der Waals surface area contributed by atoms with E-state index in [2.05, 4.69) is 26.6 Å². The molecule has 0 aliphatic carbocycles. The number of aromatic carboxylic acids is 1. The quantitative estimate of drug-likeness (QED) is 0.356. The van der Waals surface area contributed by atoms with Gasteiger partial charge in [-0.1, -0.05) is 15.9 Å². The molecule has 1 aliphatic rings. The number of carbonyl (C=O) groups is 3. The number of hydrogen-bond donors (Lipinski definition) is 4. The summed E-state index contributed by atoms with van der Waals surface area (Å²) in [5.41, 5.74) is 1.13. The van der Waals surface area contributed by atoms with Crippen molar-refractivity contribution in [2.75, 3.05) is 5.32 Å². The second-order valence-electron chi connectivity index (χ2n) is 5.21. The third kappa shape index (κ3) is 3.24. The molecule has 126 valence electrons. The van der Waals surface area contributed by atoms with Crippen LogP contribution in [0.2, 0.25) is 0 Å². The van der Waals surface area contributed by atoms with Crippen molar-refractivity contribution in [1.82, 2.24) is 5.32 Å². The van der Waals surface area contributed by atoms with E-state index in [1.807, 2.05) is 0 Å². The zero-order valence-electron chi connectivity index (χ0n) is 12.5. The number of aromatic hydroxyl groups is 1. The Bertz CT molecular complexity index is 952. The third-order valence-corrected chi connectivity index (χ3v) is 4.09. The summed E-state index contributed by atoms with van der Waals surface area (Å²) in [5, 5.41) is 23.6. The largest absolute Gasteiger partial charge is 0.507 e. The molecule has 0 fully saturated rings. The van der Waals surface area contributed by atoms with Gasteiger partial charge < -0.3 is 15.5 Å². The molecule has 0 atom stereocenters. The second-order valence-corrected chi connectivity index (χ2v) is 6.13. The summed E-state index contributed by atoms with van der Waals surface area (Å²) < 4.78 is 0.706. The average molecular weight is 403 g/mol. The standard InChI is InChI=1S/C17H11BrN2O5/c18-8-1-3-10-11(5-8)13(16(23)20-15(10)22)7-19-9-2-4-14(21)12(6-9)17(24)25/h1-7,19,21H,(H,24,25)(H,20,22,23). The first-order valence-corrected chi connectivity index (χ1v) is 7.84. The Hall–Kier alpha value is -3.13. The number of carboxylic acid groups (broad SMARTS) is 1. The highest BCUT2D eigenvalue weighted by molar-refractivity contribution is 9.10. The lowest BCUT2D eigenvalue weighted by Gasteiger charge is -2.18. The number of carbonyl (C=O) groups excluding carboxylic acids is 2. The van der Waals surface area contributed by atoms with E-state index in [0.717, 1.165) is 0 Å².